The summed E-state index contributed by atoms with van der Waals surface area (Å²) in [4.78, 5) is 13.0. The molecule has 0 aliphatic rings. The topological polar surface area (TPSA) is 141 Å². The van der Waals surface area contributed by atoms with E-state index in [1.165, 1.54) is 10.4 Å². The molecular weight excluding hydrogens is 482 g/mol. The fraction of sp³-hybridized carbons (Fsp3) is 0.400. The van der Waals surface area contributed by atoms with Crippen molar-refractivity contribution < 1.29 is 22.4 Å². The van der Waals surface area contributed by atoms with Crippen LogP contribution >= 0.6 is 0 Å². The molecule has 3 aromatic rings. The van der Waals surface area contributed by atoms with E-state index < -0.39 is 15.6 Å². The number of hydrogen-bond acceptors (Lipinski definition) is 8. The Labute approximate surface area is 211 Å². The molecule has 3 N–H and O–H groups in total. The van der Waals surface area contributed by atoms with Gasteiger partial charge in [0, 0.05) is 30.8 Å². The maximum Gasteiger partial charge on any atom is 0.251 e. The number of methoxy groups -OCH3 is 1. The van der Waals surface area contributed by atoms with Crippen LogP contribution < -0.4 is 15.4 Å². The third-order valence-corrected chi connectivity index (χ3v) is 6.79. The third-order valence-electron chi connectivity index (χ3n) is 5.52. The van der Waals surface area contributed by atoms with Gasteiger partial charge in [0.1, 0.15) is 0 Å². The van der Waals surface area contributed by atoms with E-state index in [4.69, 9.17) is 14.9 Å². The molecule has 1 heterocycles. The summed E-state index contributed by atoms with van der Waals surface area (Å²) in [5.74, 6) is -0.0400. The Balaban J connectivity index is 2.02. The standard InChI is InChI=1S/C25H33N5O5S/c1-6-30(36(5,32)33)21-13-19(22(31)27-17(2)16-34-4)12-20(14-21)23-28-29-24(35-23)25(3,26)15-18-10-8-7-9-11-18/h7-14,17H,6,15-16,26H2,1-5H3,(H,27,31)/t17?,25-/m1/s1. The highest BCUT2D eigenvalue weighted by Crippen LogP contribution is 2.30. The fourth-order valence-electron chi connectivity index (χ4n) is 3.88. The predicted octanol–water partition coefficient (Wildman–Crippen LogP) is 2.70. The van der Waals surface area contributed by atoms with Gasteiger partial charge in [0.2, 0.25) is 21.8 Å². The van der Waals surface area contributed by atoms with Crippen LogP contribution in [0.4, 0.5) is 5.69 Å². The summed E-state index contributed by atoms with van der Waals surface area (Å²) < 4.78 is 37.0. The Morgan fingerprint density at radius 2 is 1.92 bits per heavy atom. The van der Waals surface area contributed by atoms with E-state index in [2.05, 4.69) is 15.5 Å². The molecule has 1 amide bonds. The van der Waals surface area contributed by atoms with E-state index in [-0.39, 0.29) is 35.8 Å². The number of amides is 1. The second-order valence-corrected chi connectivity index (χ2v) is 10.9. The summed E-state index contributed by atoms with van der Waals surface area (Å²) in [7, 11) is -2.05. The number of nitrogens with one attached hydrogen (secondary N) is 1. The molecule has 0 aliphatic heterocycles. The largest absolute Gasteiger partial charge is 0.419 e. The normalized spacial score (nSPS) is 14.2. The van der Waals surface area contributed by atoms with Gasteiger partial charge in [-0.05, 0) is 51.0 Å². The van der Waals surface area contributed by atoms with Gasteiger partial charge in [0.05, 0.1) is 24.1 Å². The van der Waals surface area contributed by atoms with Gasteiger partial charge < -0.3 is 20.2 Å². The van der Waals surface area contributed by atoms with Crippen molar-refractivity contribution in [1.82, 2.24) is 15.5 Å². The number of nitrogens with two attached hydrogens (primary N) is 1. The van der Waals surface area contributed by atoms with Crippen molar-refractivity contribution in [2.24, 2.45) is 5.73 Å². The SMILES string of the molecule is CCN(c1cc(C(=O)NC(C)COC)cc(-c2nnc([C@](C)(N)Cc3ccccc3)o2)c1)S(C)(=O)=O. The molecule has 0 fully saturated rings. The average Bonchev–Trinajstić information content (AvgIpc) is 3.30. The summed E-state index contributed by atoms with van der Waals surface area (Å²) in [6, 6.07) is 14.2. The summed E-state index contributed by atoms with van der Waals surface area (Å²) in [6.45, 7) is 5.82. The molecule has 2 atom stereocenters. The Bertz CT molecular complexity index is 1290. The molecule has 0 saturated heterocycles. The molecule has 0 spiro atoms. The highest BCUT2D eigenvalue weighted by molar-refractivity contribution is 7.92. The minimum atomic E-state index is -3.60. The second-order valence-electron chi connectivity index (χ2n) is 9.02. The third kappa shape index (κ3) is 6.68. The number of carbonyl (C=O) groups is 1. The summed E-state index contributed by atoms with van der Waals surface area (Å²) in [5.41, 5.74) is 7.54. The lowest BCUT2D eigenvalue weighted by atomic mass is 9.94. The van der Waals surface area contributed by atoms with Crippen LogP contribution in [0.3, 0.4) is 0 Å². The quantitative estimate of drug-likeness (QED) is 0.397. The van der Waals surface area contributed by atoms with Gasteiger partial charge in [-0.3, -0.25) is 9.10 Å². The van der Waals surface area contributed by atoms with Gasteiger partial charge in [0.15, 0.2) is 0 Å². The lowest BCUT2D eigenvalue weighted by Gasteiger charge is -2.22. The predicted molar refractivity (Wildman–Crippen MR) is 138 cm³/mol. The lowest BCUT2D eigenvalue weighted by molar-refractivity contribution is 0.0905. The van der Waals surface area contributed by atoms with E-state index in [1.54, 1.807) is 40.0 Å². The van der Waals surface area contributed by atoms with Crippen molar-refractivity contribution in [3.63, 3.8) is 0 Å². The number of aromatic nitrogens is 2. The van der Waals surface area contributed by atoms with Gasteiger partial charge in [0.25, 0.3) is 5.91 Å². The first-order valence-corrected chi connectivity index (χ1v) is 13.4. The number of hydrogen-bond donors (Lipinski definition) is 2. The second kappa shape index (κ2) is 11.2. The summed E-state index contributed by atoms with van der Waals surface area (Å²) in [6.07, 6.45) is 1.58. The molecule has 10 nitrogen and oxygen atoms in total. The van der Waals surface area contributed by atoms with E-state index >= 15 is 0 Å². The zero-order valence-electron chi connectivity index (χ0n) is 21.2. The first-order valence-electron chi connectivity index (χ1n) is 11.5. The van der Waals surface area contributed by atoms with Crippen molar-refractivity contribution >= 4 is 21.6 Å². The van der Waals surface area contributed by atoms with Crippen molar-refractivity contribution in [3.8, 4) is 11.5 Å². The maximum absolute atomic E-state index is 13.0. The summed E-state index contributed by atoms with van der Waals surface area (Å²) >= 11 is 0. The Hall–Kier alpha value is -3.28. The molecule has 11 heteroatoms. The number of rotatable bonds is 11. The van der Waals surface area contributed by atoms with Crippen LogP contribution in [0, 0.1) is 0 Å². The van der Waals surface area contributed by atoms with Crippen molar-refractivity contribution in [3.05, 3.63) is 65.5 Å². The van der Waals surface area contributed by atoms with E-state index in [0.717, 1.165) is 11.8 Å². The van der Waals surface area contributed by atoms with Gasteiger partial charge >= 0.3 is 0 Å². The van der Waals surface area contributed by atoms with Crippen LogP contribution in [0.1, 0.15) is 42.6 Å². The Morgan fingerprint density at radius 1 is 1.22 bits per heavy atom. The average molecular weight is 516 g/mol. The van der Waals surface area contributed by atoms with Crippen molar-refractivity contribution in [1.29, 1.82) is 0 Å². The van der Waals surface area contributed by atoms with E-state index in [1.807, 2.05) is 30.3 Å². The van der Waals surface area contributed by atoms with E-state index in [0.29, 0.717) is 24.3 Å². The summed E-state index contributed by atoms with van der Waals surface area (Å²) in [5, 5.41) is 11.2. The molecule has 1 unspecified atom stereocenters. The van der Waals surface area contributed by atoms with Crippen LogP contribution in [0.5, 0.6) is 0 Å². The van der Waals surface area contributed by atoms with Crippen LogP contribution in [0.25, 0.3) is 11.5 Å². The number of nitrogens with zero attached hydrogens (tertiary/aromatic N) is 3. The smallest absolute Gasteiger partial charge is 0.251 e. The lowest BCUT2D eigenvalue weighted by Crippen LogP contribution is -2.36. The molecule has 0 bridgehead atoms. The van der Waals surface area contributed by atoms with Crippen LogP contribution in [-0.4, -0.2) is 57.1 Å². The van der Waals surface area contributed by atoms with Gasteiger partial charge in [-0.1, -0.05) is 30.3 Å². The van der Waals surface area contributed by atoms with E-state index in [9.17, 15) is 13.2 Å². The molecule has 1 aromatic heterocycles. The van der Waals surface area contributed by atoms with Gasteiger partial charge in [-0.2, -0.15) is 0 Å². The number of anilines is 1. The number of benzene rings is 2. The minimum Gasteiger partial charge on any atom is -0.419 e. The first-order chi connectivity index (χ1) is 16.9. The Kier molecular flexibility index (Phi) is 8.49. The molecule has 36 heavy (non-hydrogen) atoms. The molecule has 194 valence electrons. The molecule has 0 saturated carbocycles. The zero-order valence-corrected chi connectivity index (χ0v) is 22.0. The monoisotopic (exact) mass is 515 g/mol. The Morgan fingerprint density at radius 3 is 2.53 bits per heavy atom. The zero-order chi connectivity index (χ0) is 26.5. The first kappa shape index (κ1) is 27.3. The van der Waals surface area contributed by atoms with Gasteiger partial charge in [-0.15, -0.1) is 10.2 Å². The van der Waals surface area contributed by atoms with Gasteiger partial charge in [-0.25, -0.2) is 8.42 Å². The number of sulfonamides is 1. The minimum absolute atomic E-state index is 0.125. The van der Waals surface area contributed by atoms with Crippen LogP contribution in [0.2, 0.25) is 0 Å². The fourth-order valence-corrected chi connectivity index (χ4v) is 4.84. The maximum atomic E-state index is 13.0. The van der Waals surface area contributed by atoms with Crippen LogP contribution in [-0.2, 0) is 26.7 Å². The number of ether oxygens (including phenoxy) is 1. The molecule has 2 aromatic carbocycles. The highest BCUT2D eigenvalue weighted by Gasteiger charge is 2.29. The van der Waals surface area contributed by atoms with Crippen molar-refractivity contribution in [2.75, 3.05) is 30.8 Å². The van der Waals surface area contributed by atoms with Crippen molar-refractivity contribution in [2.45, 2.75) is 38.8 Å². The molecular formula is C25H33N5O5S. The molecule has 3 rings (SSSR count). The molecule has 0 aliphatic carbocycles. The van der Waals surface area contributed by atoms with Crippen LogP contribution in [0.15, 0.2) is 52.9 Å². The number of carbonyl (C=O) groups excluding carboxylic acids is 1. The molecule has 0 radical (unpaired) electrons. The highest BCUT2D eigenvalue weighted by atomic mass is 32.2.